The summed E-state index contributed by atoms with van der Waals surface area (Å²) in [5, 5.41) is 10.2. The lowest BCUT2D eigenvalue weighted by Gasteiger charge is -2.59. The van der Waals surface area contributed by atoms with Crippen LogP contribution < -0.4 is 0 Å². The molecule has 0 aromatic rings. The van der Waals surface area contributed by atoms with Crippen molar-refractivity contribution in [1.29, 1.82) is 0 Å². The topological polar surface area (TPSA) is 57.5 Å². The molecule has 0 spiro atoms. The van der Waals surface area contributed by atoms with Crippen LogP contribution in [0.5, 0.6) is 0 Å². The van der Waals surface area contributed by atoms with Crippen molar-refractivity contribution in [2.45, 2.75) is 125 Å². The fourth-order valence-electron chi connectivity index (χ4n) is 8.51. The Hall–Kier alpha value is -0.0600. The molecule has 2 N–H and O–H groups in total. The Balaban J connectivity index is 0.00000121. The molecule has 0 aromatic heterocycles. The first-order chi connectivity index (χ1) is 15.5. The molecular formula is C28H54O3S. The van der Waals surface area contributed by atoms with Crippen LogP contribution in [0, 0.1) is 46.8 Å². The van der Waals surface area contributed by atoms with E-state index in [9.17, 15) is 9.90 Å². The van der Waals surface area contributed by atoms with Gasteiger partial charge < -0.3 is 14.5 Å². The fraction of sp³-hybridized carbons (Fsp3) is 0.964. The lowest BCUT2D eigenvalue weighted by molar-refractivity contribution is -0.112. The zero-order chi connectivity index (χ0) is 24.3. The second kappa shape index (κ2) is 15.0. The molecule has 0 bridgehead atoms. The van der Waals surface area contributed by atoms with Crippen LogP contribution in [0.3, 0.4) is 0 Å². The van der Waals surface area contributed by atoms with Crippen LogP contribution in [0.4, 0.5) is 0 Å². The molecule has 3 saturated carbocycles. The van der Waals surface area contributed by atoms with Crippen LogP contribution in [0.25, 0.3) is 0 Å². The van der Waals surface area contributed by atoms with Gasteiger partial charge in [0.2, 0.25) is 0 Å². The van der Waals surface area contributed by atoms with E-state index in [1.807, 2.05) is 13.8 Å². The standard InChI is InChI=1S/C26H46O2.C2H6.H2OS/c1-5-8-25(18(3)9-7-16-27)26(4)15-14-22-21-13-11-20(28)17-19(21)10-12-23(22)24(26)6-2;2*1-2/h16,18-25,28H,5-15,17H2,1-4H3;1-2H3;1-2H/t18-,19?,20+,21?,22?,23?,24?,25?,26+;;/m1../s1. The summed E-state index contributed by atoms with van der Waals surface area (Å²) in [7, 11) is 0. The van der Waals surface area contributed by atoms with Gasteiger partial charge in [0.15, 0.2) is 0 Å². The number of thiol groups is 1. The molecule has 0 heterocycles. The zero-order valence-electron chi connectivity index (χ0n) is 21.9. The van der Waals surface area contributed by atoms with Crippen molar-refractivity contribution in [3.8, 4) is 0 Å². The summed E-state index contributed by atoms with van der Waals surface area (Å²) < 4.78 is 6.69. The Morgan fingerprint density at radius 1 is 1.00 bits per heavy atom. The zero-order valence-corrected chi connectivity index (χ0v) is 22.8. The number of fused-ring (bicyclic) bond motifs is 3. The van der Waals surface area contributed by atoms with Gasteiger partial charge in [-0.05, 0) is 118 Å². The quantitative estimate of drug-likeness (QED) is 0.191. The number of carbonyl (C=O) groups excluding carboxylic acids is 1. The van der Waals surface area contributed by atoms with Crippen molar-refractivity contribution in [1.82, 2.24) is 0 Å². The number of aliphatic hydroxyl groups is 1. The third-order valence-corrected chi connectivity index (χ3v) is 9.68. The number of hydrogen-bond donors (Lipinski definition) is 3. The Labute approximate surface area is 205 Å². The second-order valence-corrected chi connectivity index (χ2v) is 11.0. The molecule has 0 aliphatic heterocycles. The van der Waals surface area contributed by atoms with Gasteiger partial charge in [-0.15, -0.1) is 0 Å². The lowest BCUT2D eigenvalue weighted by atomic mass is 9.46. The minimum atomic E-state index is -0.0266. The first kappa shape index (κ1) is 30.0. The van der Waals surface area contributed by atoms with Crippen molar-refractivity contribution >= 4 is 19.2 Å². The summed E-state index contributed by atoms with van der Waals surface area (Å²) in [5.74, 6) is 5.75. The predicted molar refractivity (Wildman–Crippen MR) is 140 cm³/mol. The number of carbonyl (C=O) groups is 1. The first-order valence-corrected chi connectivity index (χ1v) is 14.2. The van der Waals surface area contributed by atoms with Gasteiger partial charge in [0, 0.05) is 6.42 Å². The second-order valence-electron chi connectivity index (χ2n) is 11.0. The monoisotopic (exact) mass is 470 g/mol. The van der Waals surface area contributed by atoms with E-state index in [1.54, 1.807) is 0 Å². The Morgan fingerprint density at radius 3 is 2.25 bits per heavy atom. The molecule has 3 rings (SSSR count). The molecule has 3 aliphatic carbocycles. The summed E-state index contributed by atoms with van der Waals surface area (Å²) in [6.45, 7) is 13.8. The third kappa shape index (κ3) is 6.75. The van der Waals surface area contributed by atoms with E-state index in [4.69, 9.17) is 4.55 Å². The normalized spacial score (nSPS) is 37.9. The van der Waals surface area contributed by atoms with E-state index in [-0.39, 0.29) is 6.10 Å². The van der Waals surface area contributed by atoms with E-state index in [2.05, 4.69) is 40.6 Å². The fourth-order valence-corrected chi connectivity index (χ4v) is 8.51. The Morgan fingerprint density at radius 2 is 1.66 bits per heavy atom. The lowest BCUT2D eigenvalue weighted by Crippen LogP contribution is -2.52. The molecule has 6 unspecified atom stereocenters. The summed E-state index contributed by atoms with van der Waals surface area (Å²) in [6, 6.07) is 0. The van der Waals surface area contributed by atoms with Crippen molar-refractivity contribution in [2.24, 2.45) is 46.8 Å². The van der Waals surface area contributed by atoms with Gasteiger partial charge in [0.1, 0.15) is 6.29 Å². The van der Waals surface area contributed by atoms with E-state index >= 15 is 0 Å². The SMILES string of the molecule is CC.CCCC([C@H](C)CCC=O)[C@@]1(C)CCC2C3CC[C@H](O)CC3CCC2C1CC.OS. The molecule has 3 aliphatic rings. The highest BCUT2D eigenvalue weighted by Crippen LogP contribution is 2.62. The number of hydrogen-bond acceptors (Lipinski definition) is 4. The highest BCUT2D eigenvalue weighted by atomic mass is 32.1. The molecule has 9 atom stereocenters. The van der Waals surface area contributed by atoms with Gasteiger partial charge in [0.25, 0.3) is 0 Å². The molecule has 32 heavy (non-hydrogen) atoms. The summed E-state index contributed by atoms with van der Waals surface area (Å²) >= 11 is 2.53. The van der Waals surface area contributed by atoms with E-state index in [1.165, 1.54) is 51.4 Å². The van der Waals surface area contributed by atoms with Crippen LogP contribution in [-0.2, 0) is 4.79 Å². The molecule has 0 aromatic carbocycles. The Kier molecular flexibility index (Phi) is 14.1. The summed E-state index contributed by atoms with van der Waals surface area (Å²) in [4.78, 5) is 11.0. The molecule has 0 amide bonds. The van der Waals surface area contributed by atoms with E-state index < -0.39 is 0 Å². The minimum Gasteiger partial charge on any atom is -0.393 e. The van der Waals surface area contributed by atoms with Crippen molar-refractivity contribution < 1.29 is 14.5 Å². The maximum atomic E-state index is 11.0. The maximum Gasteiger partial charge on any atom is 0.120 e. The minimum absolute atomic E-state index is 0.0266. The van der Waals surface area contributed by atoms with Crippen LogP contribution in [0.1, 0.15) is 119 Å². The highest BCUT2D eigenvalue weighted by Gasteiger charge is 2.54. The van der Waals surface area contributed by atoms with E-state index in [0.717, 1.165) is 67.5 Å². The average molecular weight is 471 g/mol. The largest absolute Gasteiger partial charge is 0.393 e. The first-order valence-electron chi connectivity index (χ1n) is 13.8. The van der Waals surface area contributed by atoms with Crippen molar-refractivity contribution in [3.05, 3.63) is 0 Å². The molecular weight excluding hydrogens is 416 g/mol. The van der Waals surface area contributed by atoms with Gasteiger partial charge in [-0.3, -0.25) is 0 Å². The van der Waals surface area contributed by atoms with Gasteiger partial charge in [-0.2, -0.15) is 0 Å². The van der Waals surface area contributed by atoms with Crippen LogP contribution in [0.2, 0.25) is 0 Å². The molecule has 0 saturated heterocycles. The van der Waals surface area contributed by atoms with Crippen LogP contribution in [0.15, 0.2) is 0 Å². The van der Waals surface area contributed by atoms with Gasteiger partial charge in [-0.25, -0.2) is 0 Å². The van der Waals surface area contributed by atoms with Gasteiger partial charge in [-0.1, -0.05) is 54.4 Å². The summed E-state index contributed by atoms with van der Waals surface area (Å²) in [5.41, 5.74) is 0.440. The molecule has 4 heteroatoms. The molecule has 3 fully saturated rings. The number of aliphatic hydroxyl groups excluding tert-OH is 1. The number of aldehydes is 1. The van der Waals surface area contributed by atoms with Gasteiger partial charge in [0.05, 0.1) is 6.10 Å². The highest BCUT2D eigenvalue weighted by molar-refractivity contribution is 7.74. The average Bonchev–Trinajstić information content (AvgIpc) is 2.82. The smallest absolute Gasteiger partial charge is 0.120 e. The van der Waals surface area contributed by atoms with Crippen LogP contribution in [-0.4, -0.2) is 22.0 Å². The van der Waals surface area contributed by atoms with Crippen LogP contribution >= 0.6 is 12.9 Å². The molecule has 190 valence electrons. The molecule has 0 radical (unpaired) electrons. The maximum absolute atomic E-state index is 11.0. The van der Waals surface area contributed by atoms with Gasteiger partial charge >= 0.3 is 0 Å². The summed E-state index contributed by atoms with van der Waals surface area (Å²) in [6.07, 6.45) is 15.7. The Bertz CT molecular complexity index is 513. The predicted octanol–water partition coefficient (Wildman–Crippen LogP) is 8.06. The number of rotatable bonds is 8. The van der Waals surface area contributed by atoms with E-state index in [0.29, 0.717) is 11.3 Å². The van der Waals surface area contributed by atoms with Crippen molar-refractivity contribution in [2.75, 3.05) is 0 Å². The molecule has 3 nitrogen and oxygen atoms in total. The van der Waals surface area contributed by atoms with Crippen molar-refractivity contribution in [3.63, 3.8) is 0 Å². The third-order valence-electron chi connectivity index (χ3n) is 9.68.